The van der Waals surface area contributed by atoms with E-state index in [9.17, 15) is 4.79 Å². The van der Waals surface area contributed by atoms with E-state index in [1.165, 1.54) is 0 Å². The largest absolute Gasteiger partial charge is 0.375 e. The molecule has 3 aromatic rings. The number of hydrogen-bond donors (Lipinski definition) is 1. The van der Waals surface area contributed by atoms with E-state index < -0.39 is 0 Å². The van der Waals surface area contributed by atoms with Gasteiger partial charge in [-0.25, -0.2) is 9.97 Å². The molecular weight excluding hydrogens is 330 g/mol. The van der Waals surface area contributed by atoms with Crippen LogP contribution < -0.4 is 0 Å². The van der Waals surface area contributed by atoms with Crippen LogP contribution in [0.15, 0.2) is 36.7 Å². The van der Waals surface area contributed by atoms with Crippen LogP contribution in [0.5, 0.6) is 0 Å². The predicted molar refractivity (Wildman–Crippen MR) is 96.8 cm³/mol. The lowest BCUT2D eigenvalue weighted by Crippen LogP contribution is -2.46. The standard InChI is InChI=1S/C19H21N5O2/c1-13-10-14(21-12-20-13)6-7-15-11-24(8-9-26-15)19(25)18-16-4-2-3-5-17(16)22-23-18/h2-5,10,12,15H,6-9,11H2,1H3,(H,22,23)/t15-/m0/s1. The van der Waals surface area contributed by atoms with E-state index in [-0.39, 0.29) is 12.0 Å². The Labute approximate surface area is 151 Å². The number of carbonyl (C=O) groups is 1. The molecule has 7 nitrogen and oxygen atoms in total. The van der Waals surface area contributed by atoms with Crippen molar-refractivity contribution in [2.45, 2.75) is 25.9 Å². The molecule has 0 bridgehead atoms. The van der Waals surface area contributed by atoms with Crippen molar-refractivity contribution in [1.29, 1.82) is 0 Å². The fourth-order valence-electron chi connectivity index (χ4n) is 3.31. The highest BCUT2D eigenvalue weighted by Crippen LogP contribution is 2.19. The highest BCUT2D eigenvalue weighted by molar-refractivity contribution is 6.04. The fourth-order valence-corrected chi connectivity index (χ4v) is 3.31. The Hall–Kier alpha value is -2.80. The summed E-state index contributed by atoms with van der Waals surface area (Å²) in [5.74, 6) is -0.0476. The van der Waals surface area contributed by atoms with E-state index in [2.05, 4.69) is 20.2 Å². The van der Waals surface area contributed by atoms with Crippen molar-refractivity contribution in [2.75, 3.05) is 19.7 Å². The average Bonchev–Trinajstić information content (AvgIpc) is 3.10. The average molecular weight is 351 g/mol. The summed E-state index contributed by atoms with van der Waals surface area (Å²) in [6.45, 7) is 3.66. The summed E-state index contributed by atoms with van der Waals surface area (Å²) in [4.78, 5) is 23.2. The van der Waals surface area contributed by atoms with Gasteiger partial charge in [-0.1, -0.05) is 18.2 Å². The van der Waals surface area contributed by atoms with Gasteiger partial charge in [0.05, 0.1) is 18.2 Å². The lowest BCUT2D eigenvalue weighted by atomic mass is 10.1. The van der Waals surface area contributed by atoms with Crippen molar-refractivity contribution in [3.05, 3.63) is 53.7 Å². The van der Waals surface area contributed by atoms with Crippen LogP contribution in [0.4, 0.5) is 0 Å². The van der Waals surface area contributed by atoms with Gasteiger partial charge in [0.15, 0.2) is 5.69 Å². The Kier molecular flexibility index (Phi) is 4.62. The number of fused-ring (bicyclic) bond motifs is 1. The topological polar surface area (TPSA) is 84.0 Å². The number of aryl methyl sites for hydroxylation is 2. The number of aromatic nitrogens is 4. The molecule has 2 aromatic heterocycles. The number of nitrogens with one attached hydrogen (secondary N) is 1. The summed E-state index contributed by atoms with van der Waals surface area (Å²) >= 11 is 0. The van der Waals surface area contributed by atoms with Gasteiger partial charge < -0.3 is 9.64 Å². The molecule has 1 saturated heterocycles. The third kappa shape index (κ3) is 3.43. The normalized spacial score (nSPS) is 17.6. The molecule has 1 fully saturated rings. The van der Waals surface area contributed by atoms with Crippen LogP contribution in [-0.4, -0.2) is 56.8 Å². The number of H-pyrrole nitrogens is 1. The van der Waals surface area contributed by atoms with Crippen molar-refractivity contribution in [3.8, 4) is 0 Å². The van der Waals surface area contributed by atoms with E-state index in [0.29, 0.717) is 25.4 Å². The molecule has 1 amide bonds. The van der Waals surface area contributed by atoms with E-state index in [4.69, 9.17) is 4.74 Å². The maximum Gasteiger partial charge on any atom is 0.275 e. The molecule has 1 aromatic carbocycles. The minimum absolute atomic E-state index is 0.00757. The number of para-hydroxylation sites is 1. The second-order valence-corrected chi connectivity index (χ2v) is 6.55. The van der Waals surface area contributed by atoms with Gasteiger partial charge in [0.2, 0.25) is 0 Å². The smallest absolute Gasteiger partial charge is 0.275 e. The third-order valence-electron chi connectivity index (χ3n) is 4.68. The molecule has 0 saturated carbocycles. The van der Waals surface area contributed by atoms with Crippen molar-refractivity contribution in [2.24, 2.45) is 0 Å². The van der Waals surface area contributed by atoms with Crippen LogP contribution in [0.25, 0.3) is 10.9 Å². The Bertz CT molecular complexity index is 923. The molecule has 1 N–H and O–H groups in total. The van der Waals surface area contributed by atoms with Crippen molar-refractivity contribution in [1.82, 2.24) is 25.1 Å². The first-order chi connectivity index (χ1) is 12.7. The minimum atomic E-state index is -0.0476. The molecule has 0 aliphatic carbocycles. The minimum Gasteiger partial charge on any atom is -0.375 e. The second-order valence-electron chi connectivity index (χ2n) is 6.55. The molecule has 1 aliphatic heterocycles. The third-order valence-corrected chi connectivity index (χ3v) is 4.68. The zero-order valence-electron chi connectivity index (χ0n) is 14.7. The number of amides is 1. The molecule has 0 unspecified atom stereocenters. The van der Waals surface area contributed by atoms with Crippen molar-refractivity contribution < 1.29 is 9.53 Å². The summed E-state index contributed by atoms with van der Waals surface area (Å²) in [5.41, 5.74) is 3.32. The maximum atomic E-state index is 12.9. The Morgan fingerprint density at radius 2 is 2.23 bits per heavy atom. The molecule has 4 rings (SSSR count). The molecular formula is C19H21N5O2. The number of benzene rings is 1. The van der Waals surface area contributed by atoms with Gasteiger partial charge in [-0.3, -0.25) is 9.89 Å². The summed E-state index contributed by atoms with van der Waals surface area (Å²) in [7, 11) is 0. The number of morpholine rings is 1. The number of hydrogen-bond acceptors (Lipinski definition) is 5. The van der Waals surface area contributed by atoms with Gasteiger partial charge in [-0.15, -0.1) is 0 Å². The summed E-state index contributed by atoms with van der Waals surface area (Å²) in [6.07, 6.45) is 3.22. The zero-order chi connectivity index (χ0) is 17.9. The summed E-state index contributed by atoms with van der Waals surface area (Å²) < 4.78 is 5.85. The Balaban J connectivity index is 1.42. The second kappa shape index (κ2) is 7.21. The van der Waals surface area contributed by atoms with E-state index in [1.807, 2.05) is 42.2 Å². The van der Waals surface area contributed by atoms with Crippen LogP contribution >= 0.6 is 0 Å². The summed E-state index contributed by atoms with van der Waals surface area (Å²) in [5, 5.41) is 8.01. The van der Waals surface area contributed by atoms with Gasteiger partial charge >= 0.3 is 0 Å². The number of rotatable bonds is 4. The number of carbonyl (C=O) groups excluding carboxylic acids is 1. The molecule has 0 spiro atoms. The molecule has 1 aliphatic rings. The van der Waals surface area contributed by atoms with E-state index in [1.54, 1.807) is 6.33 Å². The predicted octanol–water partition coefficient (Wildman–Crippen LogP) is 2.14. The zero-order valence-corrected chi connectivity index (χ0v) is 14.7. The first-order valence-electron chi connectivity index (χ1n) is 8.82. The Morgan fingerprint density at radius 3 is 3.12 bits per heavy atom. The van der Waals surface area contributed by atoms with Gasteiger partial charge in [0.1, 0.15) is 6.33 Å². The molecule has 26 heavy (non-hydrogen) atoms. The van der Waals surface area contributed by atoms with Crippen LogP contribution in [-0.2, 0) is 11.2 Å². The lowest BCUT2D eigenvalue weighted by molar-refractivity contribution is -0.0248. The van der Waals surface area contributed by atoms with Crippen molar-refractivity contribution in [3.63, 3.8) is 0 Å². The Morgan fingerprint density at radius 1 is 1.35 bits per heavy atom. The van der Waals surface area contributed by atoms with E-state index >= 15 is 0 Å². The maximum absolute atomic E-state index is 12.9. The van der Waals surface area contributed by atoms with Crippen LogP contribution in [0.3, 0.4) is 0 Å². The highest BCUT2D eigenvalue weighted by atomic mass is 16.5. The first-order valence-corrected chi connectivity index (χ1v) is 8.82. The number of nitrogens with zero attached hydrogens (tertiary/aromatic N) is 4. The first kappa shape index (κ1) is 16.7. The van der Waals surface area contributed by atoms with Gasteiger partial charge in [0.25, 0.3) is 5.91 Å². The van der Waals surface area contributed by atoms with Gasteiger partial charge in [-0.05, 0) is 31.9 Å². The van der Waals surface area contributed by atoms with Gasteiger partial charge in [-0.2, -0.15) is 5.10 Å². The van der Waals surface area contributed by atoms with Crippen LogP contribution in [0, 0.1) is 6.92 Å². The van der Waals surface area contributed by atoms with Crippen molar-refractivity contribution >= 4 is 16.8 Å². The fraction of sp³-hybridized carbons (Fsp3) is 0.368. The van der Waals surface area contributed by atoms with Gasteiger partial charge in [0, 0.05) is 29.9 Å². The quantitative estimate of drug-likeness (QED) is 0.778. The van der Waals surface area contributed by atoms with E-state index in [0.717, 1.165) is 35.1 Å². The lowest BCUT2D eigenvalue weighted by Gasteiger charge is -2.32. The SMILES string of the molecule is Cc1cc(CC[C@H]2CN(C(=O)c3n[nH]c4ccccc34)CCO2)ncn1. The molecule has 1 atom stereocenters. The molecule has 7 heteroatoms. The summed E-state index contributed by atoms with van der Waals surface area (Å²) in [6, 6.07) is 9.67. The number of ether oxygens (including phenoxy) is 1. The number of aromatic amines is 1. The monoisotopic (exact) mass is 351 g/mol. The molecule has 0 radical (unpaired) electrons. The molecule has 134 valence electrons. The highest BCUT2D eigenvalue weighted by Gasteiger charge is 2.27. The molecule has 3 heterocycles. The van der Waals surface area contributed by atoms with Crippen LogP contribution in [0.2, 0.25) is 0 Å². The van der Waals surface area contributed by atoms with Crippen LogP contribution in [0.1, 0.15) is 28.3 Å².